The van der Waals surface area contributed by atoms with E-state index >= 15 is 0 Å². The molecule has 1 aromatic rings. The minimum absolute atomic E-state index is 0.0419. The maximum absolute atomic E-state index is 13.8. The zero-order valence-corrected chi connectivity index (χ0v) is 10.1. The van der Waals surface area contributed by atoms with Gasteiger partial charge in [-0.1, -0.05) is 12.1 Å². The summed E-state index contributed by atoms with van der Waals surface area (Å²) >= 11 is 0. The number of aliphatic carboxylic acids is 1. The second kappa shape index (κ2) is 4.93. The quantitative estimate of drug-likeness (QED) is 0.627. The van der Waals surface area contributed by atoms with Crippen LogP contribution in [0.1, 0.15) is 24.8 Å². The van der Waals surface area contributed by atoms with Crippen LogP contribution in [0.3, 0.4) is 0 Å². The van der Waals surface area contributed by atoms with Crippen molar-refractivity contribution in [2.45, 2.75) is 31.3 Å². The SMILES string of the molecule is O=C(O)C1(NCc2cccc([N+](=O)[O-])c2F)CCC1. The maximum Gasteiger partial charge on any atom is 0.323 e. The Morgan fingerprint density at radius 3 is 2.68 bits per heavy atom. The highest BCUT2D eigenvalue weighted by atomic mass is 19.1. The van der Waals surface area contributed by atoms with E-state index in [1.54, 1.807) is 0 Å². The minimum Gasteiger partial charge on any atom is -0.480 e. The fourth-order valence-corrected chi connectivity index (χ4v) is 2.10. The predicted molar refractivity (Wildman–Crippen MR) is 64.1 cm³/mol. The first-order valence-corrected chi connectivity index (χ1v) is 5.86. The summed E-state index contributed by atoms with van der Waals surface area (Å²) in [6, 6.07) is 3.87. The Kier molecular flexibility index (Phi) is 3.48. The van der Waals surface area contributed by atoms with E-state index in [9.17, 15) is 19.3 Å². The number of carboxylic acid groups (broad SMARTS) is 1. The van der Waals surface area contributed by atoms with Gasteiger partial charge in [0.05, 0.1) is 4.92 Å². The van der Waals surface area contributed by atoms with Gasteiger partial charge in [0.1, 0.15) is 5.54 Å². The first-order valence-electron chi connectivity index (χ1n) is 5.86. The molecule has 19 heavy (non-hydrogen) atoms. The molecule has 0 bridgehead atoms. The molecule has 1 saturated carbocycles. The highest BCUT2D eigenvalue weighted by Gasteiger charge is 2.44. The summed E-state index contributed by atoms with van der Waals surface area (Å²) in [6.45, 7) is -0.0419. The van der Waals surface area contributed by atoms with E-state index in [1.807, 2.05) is 0 Å². The van der Waals surface area contributed by atoms with Crippen LogP contribution in [0.15, 0.2) is 18.2 Å². The number of nitrogens with zero attached hydrogens (tertiary/aromatic N) is 1. The lowest BCUT2D eigenvalue weighted by atomic mass is 9.76. The van der Waals surface area contributed by atoms with Crippen molar-refractivity contribution in [2.24, 2.45) is 0 Å². The summed E-state index contributed by atoms with van der Waals surface area (Å²) in [7, 11) is 0. The third-order valence-corrected chi connectivity index (χ3v) is 3.49. The Morgan fingerprint density at radius 1 is 1.53 bits per heavy atom. The van der Waals surface area contributed by atoms with Crippen molar-refractivity contribution in [3.63, 3.8) is 0 Å². The lowest BCUT2D eigenvalue weighted by Crippen LogP contribution is -2.56. The Balaban J connectivity index is 2.14. The first-order chi connectivity index (χ1) is 8.96. The van der Waals surface area contributed by atoms with Gasteiger partial charge in [0.2, 0.25) is 5.82 Å². The Hall–Kier alpha value is -2.02. The van der Waals surface area contributed by atoms with Gasteiger partial charge in [-0.3, -0.25) is 20.2 Å². The number of carbonyl (C=O) groups is 1. The number of nitrogens with one attached hydrogen (secondary N) is 1. The molecule has 2 rings (SSSR count). The largest absolute Gasteiger partial charge is 0.480 e. The summed E-state index contributed by atoms with van der Waals surface area (Å²) in [5.74, 6) is -1.88. The Morgan fingerprint density at radius 2 is 2.21 bits per heavy atom. The van der Waals surface area contributed by atoms with Crippen LogP contribution in [0.4, 0.5) is 10.1 Å². The van der Waals surface area contributed by atoms with Gasteiger partial charge in [0, 0.05) is 18.2 Å². The van der Waals surface area contributed by atoms with Crippen molar-refractivity contribution in [3.8, 4) is 0 Å². The molecule has 6 nitrogen and oxygen atoms in total. The van der Waals surface area contributed by atoms with Crippen molar-refractivity contribution in [2.75, 3.05) is 0 Å². The summed E-state index contributed by atoms with van der Waals surface area (Å²) in [6.07, 6.45) is 1.77. The third-order valence-electron chi connectivity index (χ3n) is 3.49. The van der Waals surface area contributed by atoms with E-state index in [0.29, 0.717) is 12.8 Å². The van der Waals surface area contributed by atoms with E-state index in [0.717, 1.165) is 12.5 Å². The highest BCUT2D eigenvalue weighted by molar-refractivity contribution is 5.79. The molecule has 1 aromatic carbocycles. The molecule has 1 fully saturated rings. The number of nitro groups is 1. The number of benzene rings is 1. The monoisotopic (exact) mass is 268 g/mol. The van der Waals surface area contributed by atoms with Crippen LogP contribution in [-0.2, 0) is 11.3 Å². The van der Waals surface area contributed by atoms with Gasteiger partial charge in [-0.2, -0.15) is 4.39 Å². The molecule has 0 aromatic heterocycles. The molecule has 2 N–H and O–H groups in total. The van der Waals surface area contributed by atoms with E-state index < -0.39 is 27.9 Å². The second-order valence-electron chi connectivity index (χ2n) is 4.60. The molecular weight excluding hydrogens is 255 g/mol. The van der Waals surface area contributed by atoms with E-state index in [4.69, 9.17) is 5.11 Å². The standard InChI is InChI=1S/C12H13FN2O4/c13-10-8(3-1-4-9(10)15(18)19)7-14-12(11(16)17)5-2-6-12/h1,3-4,14H,2,5-7H2,(H,16,17). The summed E-state index contributed by atoms with van der Waals surface area (Å²) in [5.41, 5.74) is -1.52. The molecule has 0 radical (unpaired) electrons. The molecular formula is C12H13FN2O4. The molecule has 1 aliphatic carbocycles. The van der Waals surface area contributed by atoms with Crippen molar-refractivity contribution < 1.29 is 19.2 Å². The number of nitro benzene ring substituents is 1. The van der Waals surface area contributed by atoms with Gasteiger partial charge >= 0.3 is 11.7 Å². The number of hydrogen-bond donors (Lipinski definition) is 2. The second-order valence-corrected chi connectivity index (χ2v) is 4.60. The predicted octanol–water partition coefficient (Wildman–Crippen LogP) is 1.83. The molecule has 7 heteroatoms. The fourth-order valence-electron chi connectivity index (χ4n) is 2.10. The van der Waals surface area contributed by atoms with E-state index in [1.165, 1.54) is 12.1 Å². The fraction of sp³-hybridized carbons (Fsp3) is 0.417. The summed E-state index contributed by atoms with van der Waals surface area (Å²) < 4.78 is 13.8. The zero-order valence-electron chi connectivity index (χ0n) is 10.1. The van der Waals surface area contributed by atoms with Crippen LogP contribution in [0.5, 0.6) is 0 Å². The first kappa shape index (κ1) is 13.4. The van der Waals surface area contributed by atoms with Gasteiger partial charge in [-0.25, -0.2) is 0 Å². The maximum atomic E-state index is 13.8. The smallest absolute Gasteiger partial charge is 0.323 e. The van der Waals surface area contributed by atoms with E-state index in [2.05, 4.69) is 5.32 Å². The molecule has 0 heterocycles. The number of rotatable bonds is 5. The van der Waals surface area contributed by atoms with Crippen molar-refractivity contribution in [1.82, 2.24) is 5.32 Å². The zero-order chi connectivity index (χ0) is 14.0. The minimum atomic E-state index is -1.02. The molecule has 0 aliphatic heterocycles. The van der Waals surface area contributed by atoms with E-state index in [-0.39, 0.29) is 12.1 Å². The number of carboxylic acids is 1. The van der Waals surface area contributed by atoms with Gasteiger partial charge < -0.3 is 5.11 Å². The molecule has 102 valence electrons. The Labute approximate surface area is 108 Å². The summed E-state index contributed by atoms with van der Waals surface area (Å²) in [5, 5.41) is 22.5. The molecule has 0 amide bonds. The lowest BCUT2D eigenvalue weighted by Gasteiger charge is -2.38. The highest BCUT2D eigenvalue weighted by Crippen LogP contribution is 2.32. The molecule has 0 unspecified atom stereocenters. The molecule has 0 atom stereocenters. The third kappa shape index (κ3) is 2.41. The summed E-state index contributed by atoms with van der Waals surface area (Å²) in [4.78, 5) is 20.9. The average Bonchev–Trinajstić information content (AvgIpc) is 2.28. The van der Waals surface area contributed by atoms with Gasteiger partial charge in [0.25, 0.3) is 0 Å². The van der Waals surface area contributed by atoms with Crippen molar-refractivity contribution >= 4 is 11.7 Å². The van der Waals surface area contributed by atoms with Crippen molar-refractivity contribution in [1.29, 1.82) is 0 Å². The van der Waals surface area contributed by atoms with Gasteiger partial charge in [-0.15, -0.1) is 0 Å². The topological polar surface area (TPSA) is 92.5 Å². The van der Waals surface area contributed by atoms with Crippen LogP contribution in [0.2, 0.25) is 0 Å². The van der Waals surface area contributed by atoms with Crippen LogP contribution in [-0.4, -0.2) is 21.5 Å². The molecule has 0 spiro atoms. The normalized spacial score (nSPS) is 16.7. The van der Waals surface area contributed by atoms with Crippen LogP contribution in [0, 0.1) is 15.9 Å². The van der Waals surface area contributed by atoms with Crippen LogP contribution >= 0.6 is 0 Å². The number of halogens is 1. The number of hydrogen-bond acceptors (Lipinski definition) is 4. The van der Waals surface area contributed by atoms with Crippen molar-refractivity contribution in [3.05, 3.63) is 39.7 Å². The van der Waals surface area contributed by atoms with Crippen LogP contribution in [0.25, 0.3) is 0 Å². The molecule has 1 aliphatic rings. The average molecular weight is 268 g/mol. The Bertz CT molecular complexity index is 528. The van der Waals surface area contributed by atoms with Gasteiger partial charge in [0.15, 0.2) is 0 Å². The lowest BCUT2D eigenvalue weighted by molar-refractivity contribution is -0.387. The van der Waals surface area contributed by atoms with Gasteiger partial charge in [-0.05, 0) is 19.3 Å². The molecule has 0 saturated heterocycles. The van der Waals surface area contributed by atoms with Crippen LogP contribution < -0.4 is 5.32 Å².